The lowest BCUT2D eigenvalue weighted by molar-refractivity contribution is -0.126. The molecule has 0 fully saturated rings. The Hall–Kier alpha value is -2.76. The summed E-state index contributed by atoms with van der Waals surface area (Å²) in [5, 5.41) is 5.07. The summed E-state index contributed by atoms with van der Waals surface area (Å²) in [5.74, 6) is -1.36. The van der Waals surface area contributed by atoms with E-state index in [2.05, 4.69) is 15.6 Å². The van der Waals surface area contributed by atoms with Crippen LogP contribution in [0, 0.1) is 5.82 Å². The molecule has 0 atom stereocenters. The fourth-order valence-electron chi connectivity index (χ4n) is 1.68. The van der Waals surface area contributed by atoms with Crippen molar-refractivity contribution in [1.82, 2.24) is 10.3 Å². The van der Waals surface area contributed by atoms with Gasteiger partial charge in [0.25, 0.3) is 0 Å². The Bertz CT molecular complexity index is 632. The number of carbonyl (C=O) groups is 2. The predicted octanol–water partition coefficient (Wildman–Crippen LogP) is 1.87. The number of rotatable bonds is 5. The quantitative estimate of drug-likeness (QED) is 0.825. The number of hydrogen-bond donors (Lipinski definition) is 2. The second kappa shape index (κ2) is 7.14. The molecular weight excluding hydrogens is 273 g/mol. The van der Waals surface area contributed by atoms with E-state index in [1.54, 1.807) is 24.5 Å². The maximum atomic E-state index is 13.0. The molecular formula is C15H14FN3O2. The zero-order chi connectivity index (χ0) is 15.1. The van der Waals surface area contributed by atoms with Crippen molar-refractivity contribution in [2.45, 2.75) is 13.0 Å². The van der Waals surface area contributed by atoms with Gasteiger partial charge in [-0.05, 0) is 29.8 Å². The minimum atomic E-state index is -0.496. The topological polar surface area (TPSA) is 71.1 Å². The van der Waals surface area contributed by atoms with Crippen molar-refractivity contribution in [3.8, 4) is 0 Å². The van der Waals surface area contributed by atoms with E-state index in [9.17, 15) is 14.0 Å². The lowest BCUT2D eigenvalue weighted by Crippen LogP contribution is -2.27. The summed E-state index contributed by atoms with van der Waals surface area (Å²) in [4.78, 5) is 27.2. The standard InChI is InChI=1S/C15H14FN3O2/c16-12-4-1-5-13(7-12)19-15(21)8-14(20)18-10-11-3-2-6-17-9-11/h1-7,9H,8,10H2,(H,18,20)(H,19,21). The van der Waals surface area contributed by atoms with E-state index >= 15 is 0 Å². The number of benzene rings is 1. The van der Waals surface area contributed by atoms with E-state index < -0.39 is 17.6 Å². The molecule has 2 N–H and O–H groups in total. The van der Waals surface area contributed by atoms with E-state index in [1.807, 2.05) is 6.07 Å². The molecule has 0 aliphatic rings. The molecule has 1 aromatic heterocycles. The van der Waals surface area contributed by atoms with Crippen molar-refractivity contribution in [2.75, 3.05) is 5.32 Å². The molecule has 2 amide bonds. The van der Waals surface area contributed by atoms with Crippen molar-refractivity contribution in [3.63, 3.8) is 0 Å². The van der Waals surface area contributed by atoms with E-state index in [0.717, 1.165) is 5.56 Å². The lowest BCUT2D eigenvalue weighted by atomic mass is 10.2. The van der Waals surface area contributed by atoms with Crippen LogP contribution in [0.25, 0.3) is 0 Å². The van der Waals surface area contributed by atoms with E-state index in [1.165, 1.54) is 18.2 Å². The maximum absolute atomic E-state index is 13.0. The van der Waals surface area contributed by atoms with Crippen LogP contribution in [0.3, 0.4) is 0 Å². The van der Waals surface area contributed by atoms with Gasteiger partial charge < -0.3 is 10.6 Å². The van der Waals surface area contributed by atoms with Crippen molar-refractivity contribution >= 4 is 17.5 Å². The van der Waals surface area contributed by atoms with Gasteiger partial charge in [0.05, 0.1) is 0 Å². The number of pyridine rings is 1. The minimum absolute atomic E-state index is 0.305. The molecule has 0 spiro atoms. The minimum Gasteiger partial charge on any atom is -0.352 e. The van der Waals surface area contributed by atoms with Gasteiger partial charge >= 0.3 is 0 Å². The van der Waals surface area contributed by atoms with Gasteiger partial charge in [0.15, 0.2) is 0 Å². The second-order valence-corrected chi connectivity index (χ2v) is 4.37. The van der Waals surface area contributed by atoms with Gasteiger partial charge in [-0.15, -0.1) is 0 Å². The molecule has 0 aliphatic carbocycles. The normalized spacial score (nSPS) is 9.95. The maximum Gasteiger partial charge on any atom is 0.233 e. The van der Waals surface area contributed by atoms with Crippen molar-refractivity contribution in [2.24, 2.45) is 0 Å². The fraction of sp³-hybridized carbons (Fsp3) is 0.133. The molecule has 0 radical (unpaired) electrons. The third kappa shape index (κ3) is 5.02. The average Bonchev–Trinajstić information content (AvgIpc) is 2.46. The molecule has 5 nitrogen and oxygen atoms in total. The molecule has 6 heteroatoms. The van der Waals surface area contributed by atoms with Crippen LogP contribution in [-0.2, 0) is 16.1 Å². The van der Waals surface area contributed by atoms with Gasteiger partial charge in [-0.2, -0.15) is 0 Å². The van der Waals surface area contributed by atoms with E-state index in [0.29, 0.717) is 12.2 Å². The summed E-state index contributed by atoms with van der Waals surface area (Å²) < 4.78 is 13.0. The second-order valence-electron chi connectivity index (χ2n) is 4.37. The number of amides is 2. The van der Waals surface area contributed by atoms with Gasteiger partial charge in [0.1, 0.15) is 12.2 Å². The highest BCUT2D eigenvalue weighted by Gasteiger charge is 2.09. The van der Waals surface area contributed by atoms with Crippen molar-refractivity contribution in [3.05, 3.63) is 60.2 Å². The van der Waals surface area contributed by atoms with Crippen LogP contribution in [-0.4, -0.2) is 16.8 Å². The highest BCUT2D eigenvalue weighted by molar-refractivity contribution is 6.03. The van der Waals surface area contributed by atoms with Gasteiger partial charge in [-0.3, -0.25) is 14.6 Å². The Morgan fingerprint density at radius 1 is 1.14 bits per heavy atom. The zero-order valence-electron chi connectivity index (χ0n) is 11.2. The lowest BCUT2D eigenvalue weighted by Gasteiger charge is -2.06. The van der Waals surface area contributed by atoms with Crippen LogP contribution in [0.4, 0.5) is 10.1 Å². The highest BCUT2D eigenvalue weighted by Crippen LogP contribution is 2.09. The first-order valence-corrected chi connectivity index (χ1v) is 6.34. The summed E-state index contributed by atoms with van der Waals surface area (Å²) in [6.45, 7) is 0.305. The Morgan fingerprint density at radius 3 is 2.71 bits per heavy atom. The van der Waals surface area contributed by atoms with E-state index in [-0.39, 0.29) is 6.42 Å². The summed E-state index contributed by atoms with van der Waals surface area (Å²) >= 11 is 0. The number of hydrogen-bond acceptors (Lipinski definition) is 3. The monoisotopic (exact) mass is 287 g/mol. The first-order chi connectivity index (χ1) is 10.1. The molecule has 0 saturated heterocycles. The Balaban J connectivity index is 1.78. The van der Waals surface area contributed by atoms with E-state index in [4.69, 9.17) is 0 Å². The number of carbonyl (C=O) groups excluding carboxylic acids is 2. The molecule has 1 heterocycles. The average molecular weight is 287 g/mol. The predicted molar refractivity (Wildman–Crippen MR) is 75.7 cm³/mol. The van der Waals surface area contributed by atoms with Gasteiger partial charge in [0.2, 0.25) is 11.8 Å². The SMILES string of the molecule is O=C(CC(=O)Nc1cccc(F)c1)NCc1cccnc1. The van der Waals surface area contributed by atoms with Crippen LogP contribution in [0.15, 0.2) is 48.8 Å². The first-order valence-electron chi connectivity index (χ1n) is 6.34. The Kier molecular flexibility index (Phi) is 4.98. The van der Waals surface area contributed by atoms with Crippen LogP contribution < -0.4 is 10.6 Å². The highest BCUT2D eigenvalue weighted by atomic mass is 19.1. The largest absolute Gasteiger partial charge is 0.352 e. The molecule has 1 aromatic carbocycles. The van der Waals surface area contributed by atoms with Crippen LogP contribution in [0.5, 0.6) is 0 Å². The molecule has 21 heavy (non-hydrogen) atoms. The van der Waals surface area contributed by atoms with Crippen molar-refractivity contribution in [1.29, 1.82) is 0 Å². The van der Waals surface area contributed by atoms with Gasteiger partial charge in [-0.1, -0.05) is 12.1 Å². The van der Waals surface area contributed by atoms with Crippen molar-refractivity contribution < 1.29 is 14.0 Å². The summed E-state index contributed by atoms with van der Waals surface area (Å²) in [6, 6.07) is 9.07. The number of halogens is 1. The zero-order valence-corrected chi connectivity index (χ0v) is 11.2. The Labute approximate surface area is 121 Å². The number of nitrogens with one attached hydrogen (secondary N) is 2. The number of anilines is 1. The Morgan fingerprint density at radius 2 is 2.00 bits per heavy atom. The van der Waals surface area contributed by atoms with Gasteiger partial charge in [0, 0.05) is 24.6 Å². The molecule has 0 bridgehead atoms. The third-order valence-electron chi connectivity index (χ3n) is 2.64. The molecule has 2 aromatic rings. The smallest absolute Gasteiger partial charge is 0.233 e. The van der Waals surface area contributed by atoms with Crippen LogP contribution in [0.2, 0.25) is 0 Å². The number of nitrogens with zero attached hydrogens (tertiary/aromatic N) is 1. The van der Waals surface area contributed by atoms with Crippen LogP contribution in [0.1, 0.15) is 12.0 Å². The molecule has 108 valence electrons. The van der Waals surface area contributed by atoms with Gasteiger partial charge in [-0.25, -0.2) is 4.39 Å². The molecule has 0 aliphatic heterocycles. The molecule has 0 unspecified atom stereocenters. The third-order valence-corrected chi connectivity index (χ3v) is 2.64. The molecule has 0 saturated carbocycles. The fourth-order valence-corrected chi connectivity index (χ4v) is 1.68. The summed E-state index contributed by atoms with van der Waals surface area (Å²) in [6.07, 6.45) is 2.95. The van der Waals surface area contributed by atoms with Crippen LogP contribution >= 0.6 is 0 Å². The number of aromatic nitrogens is 1. The summed E-state index contributed by atoms with van der Waals surface area (Å²) in [5.41, 5.74) is 1.16. The first kappa shape index (κ1) is 14.6. The molecule has 2 rings (SSSR count). The summed E-state index contributed by atoms with van der Waals surface area (Å²) in [7, 11) is 0.